The van der Waals surface area contributed by atoms with E-state index < -0.39 is 17.0 Å². The van der Waals surface area contributed by atoms with Crippen LogP contribution in [0.25, 0.3) is 0 Å². The minimum atomic E-state index is -1.19. The highest BCUT2D eigenvalue weighted by Crippen LogP contribution is 2.49. The van der Waals surface area contributed by atoms with Crippen molar-refractivity contribution in [3.63, 3.8) is 0 Å². The minimum Gasteiger partial charge on any atom is -0.476 e. The summed E-state index contributed by atoms with van der Waals surface area (Å²) in [5, 5.41) is 15.5. The van der Waals surface area contributed by atoms with Crippen molar-refractivity contribution in [1.82, 2.24) is 4.90 Å². The van der Waals surface area contributed by atoms with Gasteiger partial charge in [-0.25, -0.2) is 4.79 Å². The van der Waals surface area contributed by atoms with Gasteiger partial charge in [-0.15, -0.1) is 0 Å². The monoisotopic (exact) mass is 445 g/mol. The number of carboxylic acids is 1. The molecule has 7 heteroatoms. The molecule has 32 heavy (non-hydrogen) atoms. The van der Waals surface area contributed by atoms with Gasteiger partial charge in [0.25, 0.3) is 0 Å². The number of hydrogen-bond acceptors (Lipinski definition) is 6. The Morgan fingerprint density at radius 1 is 0.938 bits per heavy atom. The Hall–Kier alpha value is -3.55. The van der Waals surface area contributed by atoms with Crippen LogP contribution in [-0.2, 0) is 15.2 Å². The smallest absolute Gasteiger partial charge is 0.360 e. The third-order valence-electron chi connectivity index (χ3n) is 5.40. The summed E-state index contributed by atoms with van der Waals surface area (Å²) < 4.78 is 0. The lowest BCUT2D eigenvalue weighted by molar-refractivity contribution is -0.129. The number of thioether (sulfide) groups is 1. The zero-order chi connectivity index (χ0) is 22.6. The zero-order valence-corrected chi connectivity index (χ0v) is 18.3. The van der Waals surface area contributed by atoms with Crippen molar-refractivity contribution in [2.24, 2.45) is 10.9 Å². The average Bonchev–Trinajstić information content (AvgIpc) is 3.21. The maximum Gasteiger partial charge on any atom is 0.360 e. The first kappa shape index (κ1) is 21.7. The first-order valence-electron chi connectivity index (χ1n) is 10.0. The first-order valence-corrected chi connectivity index (χ1v) is 11.0. The van der Waals surface area contributed by atoms with Crippen LogP contribution in [0.15, 0.2) is 107 Å². The molecule has 0 bridgehead atoms. The Balaban J connectivity index is 2.09. The lowest BCUT2D eigenvalue weighted by atomic mass is 9.75. The number of nitrogens with two attached hydrogens (primary N) is 1. The number of aliphatic carboxylic acids is 1. The number of hydrogen-bond donors (Lipinski definition) is 2. The molecule has 6 nitrogen and oxygen atoms in total. The number of carboxylic acid groups (broad SMARTS) is 1. The van der Waals surface area contributed by atoms with Crippen molar-refractivity contribution in [3.8, 4) is 0 Å². The molecule has 4 rings (SSSR count). The van der Waals surface area contributed by atoms with E-state index in [1.165, 1.54) is 18.9 Å². The molecule has 0 saturated carbocycles. The molecule has 0 aromatic heterocycles. The van der Waals surface area contributed by atoms with Crippen LogP contribution in [0.4, 0.5) is 0 Å². The molecule has 1 heterocycles. The predicted octanol–water partition coefficient (Wildman–Crippen LogP) is 4.20. The second kappa shape index (κ2) is 9.30. The van der Waals surface area contributed by atoms with Gasteiger partial charge >= 0.3 is 5.97 Å². The molecule has 0 saturated heterocycles. The van der Waals surface area contributed by atoms with E-state index in [-0.39, 0.29) is 5.71 Å². The van der Waals surface area contributed by atoms with Gasteiger partial charge in [-0.3, -0.25) is 0 Å². The van der Waals surface area contributed by atoms with Gasteiger partial charge in [0.15, 0.2) is 0 Å². The molecule has 3 N–H and O–H groups in total. The fraction of sp³-hybridized carbons (Fsp3) is 0.120. The van der Waals surface area contributed by atoms with Gasteiger partial charge in [0.05, 0.1) is 5.70 Å². The third kappa shape index (κ3) is 3.66. The lowest BCUT2D eigenvalue weighted by Gasteiger charge is -2.47. The highest BCUT2D eigenvalue weighted by molar-refractivity contribution is 8.02. The Labute approximate surface area is 191 Å². The largest absolute Gasteiger partial charge is 0.476 e. The number of nitrogens with zero attached hydrogens (tertiary/aromatic N) is 2. The summed E-state index contributed by atoms with van der Waals surface area (Å²) in [5.41, 5.74) is 8.19. The topological polar surface area (TPSA) is 88.1 Å². The molecule has 1 aliphatic heterocycles. The summed E-state index contributed by atoms with van der Waals surface area (Å²) >= 11 is 1.34. The van der Waals surface area contributed by atoms with Crippen molar-refractivity contribution in [2.75, 3.05) is 7.11 Å². The Bertz CT molecular complexity index is 1040. The summed E-state index contributed by atoms with van der Waals surface area (Å²) in [4.78, 5) is 18.9. The van der Waals surface area contributed by atoms with Crippen molar-refractivity contribution >= 4 is 23.4 Å². The third-order valence-corrected chi connectivity index (χ3v) is 6.25. The molecule has 1 unspecified atom stereocenters. The molecule has 3 aromatic carbocycles. The van der Waals surface area contributed by atoms with Crippen molar-refractivity contribution in [2.45, 2.75) is 11.0 Å². The van der Waals surface area contributed by atoms with Gasteiger partial charge in [-0.2, -0.15) is 0 Å². The van der Waals surface area contributed by atoms with Crippen LogP contribution in [0.2, 0.25) is 0 Å². The molecular weight excluding hydrogens is 422 g/mol. The standard InChI is InChI=1S/C25H23N3O3S/c1-31-27-22(23(29)30)21-17-32-24(26)28(21)25(18-11-5-2-6-12-18,19-13-7-3-8-14-19)20-15-9-4-10-16-20/h2-17,24H,26H2,1H3,(H,29,30). The predicted molar refractivity (Wildman–Crippen MR) is 127 cm³/mol. The molecule has 0 spiro atoms. The SMILES string of the molecule is CON=C(C(=O)O)C1=CSC(N)N1C(c1ccccc1)(c1ccccc1)c1ccccc1. The molecule has 1 atom stereocenters. The van der Waals surface area contributed by atoms with E-state index in [4.69, 9.17) is 10.6 Å². The lowest BCUT2D eigenvalue weighted by Crippen LogP contribution is -2.54. The molecule has 162 valence electrons. The molecular formula is C25H23N3O3S. The fourth-order valence-electron chi connectivity index (χ4n) is 4.17. The molecule has 0 aliphatic carbocycles. The fourth-order valence-corrected chi connectivity index (χ4v) is 5.06. The van der Waals surface area contributed by atoms with Crippen LogP contribution in [0, 0.1) is 0 Å². The minimum absolute atomic E-state index is 0.208. The zero-order valence-electron chi connectivity index (χ0n) is 17.5. The second-order valence-corrected chi connectivity index (χ2v) is 8.13. The van der Waals surface area contributed by atoms with E-state index in [1.807, 2.05) is 95.9 Å². The van der Waals surface area contributed by atoms with Crippen LogP contribution in [0.5, 0.6) is 0 Å². The van der Waals surface area contributed by atoms with Gasteiger partial charge in [0.1, 0.15) is 18.1 Å². The highest BCUT2D eigenvalue weighted by atomic mass is 32.2. The molecule has 0 radical (unpaired) electrons. The maximum absolute atomic E-state index is 12.1. The normalized spacial score (nSPS) is 16.6. The Morgan fingerprint density at radius 3 is 1.75 bits per heavy atom. The quantitative estimate of drug-likeness (QED) is 0.322. The number of rotatable bonds is 7. The molecule has 3 aromatic rings. The van der Waals surface area contributed by atoms with E-state index in [0.717, 1.165) is 16.7 Å². The van der Waals surface area contributed by atoms with Crippen LogP contribution in [0.3, 0.4) is 0 Å². The van der Waals surface area contributed by atoms with E-state index in [1.54, 1.807) is 5.41 Å². The summed E-state index contributed by atoms with van der Waals surface area (Å²) in [7, 11) is 1.33. The van der Waals surface area contributed by atoms with Crippen molar-refractivity contribution in [3.05, 3.63) is 119 Å². The van der Waals surface area contributed by atoms with E-state index in [9.17, 15) is 9.90 Å². The van der Waals surface area contributed by atoms with Crippen molar-refractivity contribution in [1.29, 1.82) is 0 Å². The maximum atomic E-state index is 12.1. The van der Waals surface area contributed by atoms with Gasteiger partial charge in [-0.05, 0) is 16.7 Å². The van der Waals surface area contributed by atoms with Crippen LogP contribution in [-0.4, -0.2) is 34.3 Å². The number of benzene rings is 3. The summed E-state index contributed by atoms with van der Waals surface area (Å²) in [6.45, 7) is 0. The van der Waals surface area contributed by atoms with Crippen molar-refractivity contribution < 1.29 is 14.7 Å². The summed E-state index contributed by atoms with van der Waals surface area (Å²) in [5.74, 6) is -1.19. The molecule has 0 fully saturated rings. The van der Waals surface area contributed by atoms with E-state index >= 15 is 0 Å². The van der Waals surface area contributed by atoms with Crippen LogP contribution >= 0.6 is 11.8 Å². The number of oxime groups is 1. The Morgan fingerprint density at radius 2 is 1.38 bits per heavy atom. The molecule has 1 aliphatic rings. The second-order valence-electron chi connectivity index (χ2n) is 7.14. The summed E-state index contributed by atoms with van der Waals surface area (Å²) in [6, 6.07) is 29.8. The van der Waals surface area contributed by atoms with E-state index in [0.29, 0.717) is 5.70 Å². The van der Waals surface area contributed by atoms with Gasteiger partial charge in [-0.1, -0.05) is 108 Å². The molecule has 0 amide bonds. The van der Waals surface area contributed by atoms with Crippen LogP contribution in [0.1, 0.15) is 16.7 Å². The van der Waals surface area contributed by atoms with Gasteiger partial charge in [0.2, 0.25) is 5.71 Å². The van der Waals surface area contributed by atoms with Gasteiger partial charge in [0, 0.05) is 5.41 Å². The highest BCUT2D eigenvalue weighted by Gasteiger charge is 2.49. The number of carbonyl (C=O) groups is 1. The average molecular weight is 446 g/mol. The van der Waals surface area contributed by atoms with Crippen LogP contribution < -0.4 is 5.73 Å². The van der Waals surface area contributed by atoms with E-state index in [2.05, 4.69) is 5.16 Å². The Kier molecular flexibility index (Phi) is 6.30. The van der Waals surface area contributed by atoms with Gasteiger partial charge < -0.3 is 20.6 Å². The first-order chi connectivity index (χ1) is 15.6. The summed E-state index contributed by atoms with van der Waals surface area (Å²) in [6.07, 6.45) is 0.